The van der Waals surface area contributed by atoms with E-state index in [0.717, 1.165) is 6.21 Å². The van der Waals surface area contributed by atoms with E-state index in [1.54, 1.807) is 6.92 Å². The standard InChI is InChI=1S/C6H6N2O2/c1-4-5(9)3-10-6(4)2-8-7/h2H,3H2,1H3. The molecular formula is C6H6N2O2. The summed E-state index contributed by atoms with van der Waals surface area (Å²) in [5.74, 6) is 0.294. The van der Waals surface area contributed by atoms with Gasteiger partial charge >= 0.3 is 6.21 Å². The Balaban J connectivity index is 2.95. The number of nitrogens with zero attached hydrogens (tertiary/aromatic N) is 2. The summed E-state index contributed by atoms with van der Waals surface area (Å²) >= 11 is 0. The van der Waals surface area contributed by atoms with Gasteiger partial charge in [-0.25, -0.2) is 0 Å². The molecule has 0 radical (unpaired) electrons. The van der Waals surface area contributed by atoms with Crippen LogP contribution in [0.4, 0.5) is 0 Å². The summed E-state index contributed by atoms with van der Waals surface area (Å²) in [6.07, 6.45) is 1.11. The molecule has 0 atom stereocenters. The summed E-state index contributed by atoms with van der Waals surface area (Å²) in [4.78, 5) is 13.5. The van der Waals surface area contributed by atoms with Crippen molar-refractivity contribution >= 4 is 12.0 Å². The summed E-state index contributed by atoms with van der Waals surface area (Å²) < 4.78 is 4.84. The van der Waals surface area contributed by atoms with Crippen LogP contribution in [0.5, 0.6) is 0 Å². The number of ketones is 1. The van der Waals surface area contributed by atoms with Crippen LogP contribution in [0.2, 0.25) is 0 Å². The highest BCUT2D eigenvalue weighted by Gasteiger charge is 2.21. The molecule has 0 aromatic rings. The number of carbonyl (C=O) groups is 1. The predicted octanol–water partition coefficient (Wildman–Crippen LogP) is 0.160. The molecule has 4 nitrogen and oxygen atoms in total. The molecule has 1 heterocycles. The maximum Gasteiger partial charge on any atom is 0.322 e. The van der Waals surface area contributed by atoms with Gasteiger partial charge in [-0.3, -0.25) is 4.79 Å². The van der Waals surface area contributed by atoms with Crippen molar-refractivity contribution in [2.45, 2.75) is 6.92 Å². The minimum atomic E-state index is -0.0603. The van der Waals surface area contributed by atoms with Crippen LogP contribution < -0.4 is 0 Å². The summed E-state index contributed by atoms with van der Waals surface area (Å²) in [6, 6.07) is 0. The molecule has 0 spiro atoms. The lowest BCUT2D eigenvalue weighted by Gasteiger charge is -1.86. The van der Waals surface area contributed by atoms with Gasteiger partial charge in [-0.15, -0.1) is 0 Å². The lowest BCUT2D eigenvalue weighted by molar-refractivity contribution is -0.116. The highest BCUT2D eigenvalue weighted by Crippen LogP contribution is 2.12. The average molecular weight is 138 g/mol. The lowest BCUT2D eigenvalue weighted by Crippen LogP contribution is -1.97. The fourth-order valence-corrected chi connectivity index (χ4v) is 0.684. The van der Waals surface area contributed by atoms with Crippen molar-refractivity contribution in [3.05, 3.63) is 16.9 Å². The third-order valence-corrected chi connectivity index (χ3v) is 1.32. The third kappa shape index (κ3) is 0.967. The van der Waals surface area contributed by atoms with Gasteiger partial charge in [0.15, 0.2) is 12.4 Å². The fraction of sp³-hybridized carbons (Fsp3) is 0.333. The highest BCUT2D eigenvalue weighted by molar-refractivity contribution is 6.02. The van der Waals surface area contributed by atoms with E-state index in [1.807, 2.05) is 0 Å². The minimum Gasteiger partial charge on any atom is -0.478 e. The van der Waals surface area contributed by atoms with E-state index in [-0.39, 0.29) is 12.4 Å². The van der Waals surface area contributed by atoms with Gasteiger partial charge in [-0.2, -0.15) is 4.79 Å². The van der Waals surface area contributed by atoms with Crippen molar-refractivity contribution < 1.29 is 14.3 Å². The summed E-state index contributed by atoms with van der Waals surface area (Å²) in [6.45, 7) is 1.69. The SMILES string of the molecule is CC1=C(C=[N+]=[N-])OCC1=O. The molecule has 0 aromatic heterocycles. The largest absolute Gasteiger partial charge is 0.478 e. The van der Waals surface area contributed by atoms with Crippen molar-refractivity contribution in [1.82, 2.24) is 0 Å². The second-order valence-electron chi connectivity index (χ2n) is 1.95. The van der Waals surface area contributed by atoms with Gasteiger partial charge in [0.2, 0.25) is 5.76 Å². The Bertz CT molecular complexity index is 248. The van der Waals surface area contributed by atoms with Gasteiger partial charge in [-0.05, 0) is 6.92 Å². The molecule has 0 amide bonds. The Morgan fingerprint density at radius 1 is 1.80 bits per heavy atom. The third-order valence-electron chi connectivity index (χ3n) is 1.32. The van der Waals surface area contributed by atoms with Gasteiger partial charge in [0.25, 0.3) is 0 Å². The Hall–Kier alpha value is -1.41. The van der Waals surface area contributed by atoms with Gasteiger partial charge in [-0.1, -0.05) is 0 Å². The molecule has 0 aromatic carbocycles. The zero-order valence-electron chi connectivity index (χ0n) is 5.50. The Kier molecular flexibility index (Phi) is 1.65. The van der Waals surface area contributed by atoms with E-state index in [1.165, 1.54) is 0 Å². The fourth-order valence-electron chi connectivity index (χ4n) is 0.684. The van der Waals surface area contributed by atoms with Gasteiger partial charge in [0, 0.05) is 5.57 Å². The first-order chi connectivity index (χ1) is 4.75. The maximum absolute atomic E-state index is 10.7. The monoisotopic (exact) mass is 138 g/mol. The van der Waals surface area contributed by atoms with Crippen LogP contribution in [-0.2, 0) is 9.53 Å². The molecule has 10 heavy (non-hydrogen) atoms. The van der Waals surface area contributed by atoms with Crippen molar-refractivity contribution in [3.8, 4) is 0 Å². The zero-order chi connectivity index (χ0) is 7.56. The second-order valence-corrected chi connectivity index (χ2v) is 1.95. The van der Waals surface area contributed by atoms with E-state index in [4.69, 9.17) is 10.3 Å². The molecule has 0 unspecified atom stereocenters. The molecule has 1 rings (SSSR count). The molecule has 4 heteroatoms. The molecule has 0 aliphatic carbocycles. The molecule has 0 saturated carbocycles. The summed E-state index contributed by atoms with van der Waals surface area (Å²) in [5.41, 5.74) is 8.59. The van der Waals surface area contributed by atoms with Crippen LogP contribution in [0.3, 0.4) is 0 Å². The van der Waals surface area contributed by atoms with Crippen LogP contribution in [-0.4, -0.2) is 23.4 Å². The predicted molar refractivity (Wildman–Crippen MR) is 33.3 cm³/mol. The van der Waals surface area contributed by atoms with Crippen molar-refractivity contribution in [1.29, 1.82) is 0 Å². The van der Waals surface area contributed by atoms with Gasteiger partial charge in [0.05, 0.1) is 0 Å². The number of rotatable bonds is 1. The first kappa shape index (κ1) is 6.71. The topological polar surface area (TPSA) is 62.7 Å². The smallest absolute Gasteiger partial charge is 0.322 e. The van der Waals surface area contributed by atoms with Gasteiger partial charge in [0.1, 0.15) is 0 Å². The highest BCUT2D eigenvalue weighted by atomic mass is 16.5. The molecule has 0 bridgehead atoms. The molecule has 1 aliphatic heterocycles. The Morgan fingerprint density at radius 2 is 2.50 bits per heavy atom. The van der Waals surface area contributed by atoms with E-state index in [9.17, 15) is 4.79 Å². The van der Waals surface area contributed by atoms with Crippen LogP contribution in [0, 0.1) is 0 Å². The number of Topliss-reactive ketones (excluding diaryl/α,β-unsaturated/α-hetero) is 1. The van der Waals surface area contributed by atoms with E-state index >= 15 is 0 Å². The van der Waals surface area contributed by atoms with Crippen molar-refractivity contribution in [2.24, 2.45) is 0 Å². The minimum absolute atomic E-state index is 0.0603. The van der Waals surface area contributed by atoms with Crippen molar-refractivity contribution in [3.63, 3.8) is 0 Å². The second kappa shape index (κ2) is 2.45. The molecular weight excluding hydrogens is 132 g/mol. The van der Waals surface area contributed by atoms with Crippen LogP contribution in [0.25, 0.3) is 5.53 Å². The van der Waals surface area contributed by atoms with Crippen LogP contribution in [0.1, 0.15) is 6.92 Å². The molecule has 52 valence electrons. The van der Waals surface area contributed by atoms with Crippen molar-refractivity contribution in [2.75, 3.05) is 6.61 Å². The molecule has 0 saturated heterocycles. The first-order valence-electron chi connectivity index (χ1n) is 2.80. The zero-order valence-corrected chi connectivity index (χ0v) is 5.50. The van der Waals surface area contributed by atoms with E-state index < -0.39 is 0 Å². The average Bonchev–Trinajstić information content (AvgIpc) is 2.20. The molecule has 0 fully saturated rings. The molecule has 0 N–H and O–H groups in total. The Morgan fingerprint density at radius 3 is 2.90 bits per heavy atom. The van der Waals surface area contributed by atoms with Crippen LogP contribution in [0.15, 0.2) is 11.3 Å². The number of allylic oxidation sites excluding steroid dienone is 1. The van der Waals surface area contributed by atoms with E-state index in [2.05, 4.69) is 4.79 Å². The summed E-state index contributed by atoms with van der Waals surface area (Å²) in [5, 5.41) is 0. The summed E-state index contributed by atoms with van der Waals surface area (Å²) in [7, 11) is 0. The number of hydrogen-bond donors (Lipinski definition) is 0. The van der Waals surface area contributed by atoms with Crippen LogP contribution >= 0.6 is 0 Å². The van der Waals surface area contributed by atoms with Gasteiger partial charge < -0.3 is 10.3 Å². The number of carbonyl (C=O) groups excluding carboxylic acids is 1. The first-order valence-corrected chi connectivity index (χ1v) is 2.80. The maximum atomic E-state index is 10.7. The normalized spacial score (nSPS) is 16.7. The molecule has 1 aliphatic rings. The quantitative estimate of drug-likeness (QED) is 0.294. The Labute approximate surface area is 57.7 Å². The van der Waals surface area contributed by atoms with E-state index in [0.29, 0.717) is 11.3 Å². The number of ether oxygens (including phenoxy) is 1. The lowest BCUT2D eigenvalue weighted by atomic mass is 10.2. The number of hydrogen-bond acceptors (Lipinski definition) is 2.